The van der Waals surface area contributed by atoms with Gasteiger partial charge in [0.2, 0.25) is 5.91 Å². The zero-order valence-corrected chi connectivity index (χ0v) is 17.8. The van der Waals surface area contributed by atoms with Gasteiger partial charge in [0, 0.05) is 20.6 Å². The smallest absolute Gasteiger partial charge is 0.332 e. The highest BCUT2D eigenvalue weighted by Crippen LogP contribution is 2.22. The van der Waals surface area contributed by atoms with E-state index in [0.717, 1.165) is 43.6 Å². The van der Waals surface area contributed by atoms with E-state index in [-0.39, 0.29) is 17.2 Å². The van der Waals surface area contributed by atoms with Gasteiger partial charge in [-0.15, -0.1) is 0 Å². The second kappa shape index (κ2) is 8.52. The van der Waals surface area contributed by atoms with Crippen molar-refractivity contribution in [3.63, 3.8) is 0 Å². The number of hydrogen-bond acceptors (Lipinski definition) is 5. The van der Waals surface area contributed by atoms with E-state index >= 15 is 0 Å². The molecule has 3 rings (SSSR count). The second-order valence-electron chi connectivity index (χ2n) is 7.40. The number of imidazole rings is 1. The van der Waals surface area contributed by atoms with Gasteiger partial charge in [0.1, 0.15) is 0 Å². The molecule has 0 saturated carbocycles. The zero-order chi connectivity index (χ0) is 20.4. The van der Waals surface area contributed by atoms with Crippen LogP contribution in [-0.4, -0.2) is 68.5 Å². The van der Waals surface area contributed by atoms with Gasteiger partial charge in [0.25, 0.3) is 5.56 Å². The summed E-state index contributed by atoms with van der Waals surface area (Å²) in [5.41, 5.74) is 0.0608. The Labute approximate surface area is 167 Å². The Hall–Kier alpha value is -2.07. The first-order valence-corrected chi connectivity index (χ1v) is 10.7. The summed E-state index contributed by atoms with van der Waals surface area (Å²) < 4.78 is 4.37. The first-order chi connectivity index (χ1) is 13.3. The van der Waals surface area contributed by atoms with Gasteiger partial charge in [-0.25, -0.2) is 9.78 Å². The Morgan fingerprint density at radius 1 is 1.18 bits per heavy atom. The molecule has 0 atom stereocenters. The average molecular weight is 410 g/mol. The highest BCUT2D eigenvalue weighted by Gasteiger charge is 2.23. The number of carbonyl (C=O) groups excluding carboxylic acids is 1. The number of nitrogens with one attached hydrogen (secondary N) is 1. The summed E-state index contributed by atoms with van der Waals surface area (Å²) in [6.45, 7) is 6.18. The molecular weight excluding hydrogens is 380 g/mol. The van der Waals surface area contributed by atoms with E-state index in [1.54, 1.807) is 7.05 Å². The number of nitrogens with zero attached hydrogens (tertiary/aromatic N) is 5. The van der Waals surface area contributed by atoms with E-state index in [1.165, 1.54) is 28.3 Å². The van der Waals surface area contributed by atoms with Crippen LogP contribution in [0, 0.1) is 0 Å². The number of piperazine rings is 1. The average Bonchev–Trinajstić information content (AvgIpc) is 3.06. The lowest BCUT2D eigenvalue weighted by atomic mass is 10.3. The third-order valence-electron chi connectivity index (χ3n) is 5.34. The third-order valence-corrected chi connectivity index (χ3v) is 6.30. The molecule has 0 unspecified atom stereocenters. The summed E-state index contributed by atoms with van der Waals surface area (Å²) >= 11 is 1.35. The molecule has 0 bridgehead atoms. The number of hydrogen-bond donors (Lipinski definition) is 1. The summed E-state index contributed by atoms with van der Waals surface area (Å²) in [5, 5.41) is 0.620. The lowest BCUT2D eigenvalue weighted by molar-refractivity contribution is -0.883. The molecule has 3 heterocycles. The minimum atomic E-state index is -0.398. The van der Waals surface area contributed by atoms with Crippen molar-refractivity contribution in [3.05, 3.63) is 20.8 Å². The van der Waals surface area contributed by atoms with Gasteiger partial charge >= 0.3 is 5.69 Å². The number of carbonyl (C=O) groups is 1. The standard InChI is InChI=1S/C18H28N6O3S/c1-5-6-7-24-14-15(21(3)18(27)22(4)16(14)26)19-17(24)28-12-13(25)23-10-8-20(2)9-11-23/h5-12H2,1-4H3/p+1. The SMILES string of the molecule is CCCCn1c(SCC(=O)N2CC[NH+](C)CC2)nc2c1c(=O)n(C)c(=O)n2C. The van der Waals surface area contributed by atoms with E-state index < -0.39 is 5.69 Å². The molecule has 1 fully saturated rings. The second-order valence-corrected chi connectivity index (χ2v) is 8.35. The molecule has 2 aromatic heterocycles. The maximum atomic E-state index is 12.7. The van der Waals surface area contributed by atoms with E-state index in [4.69, 9.17) is 0 Å². The Bertz CT molecular complexity index is 984. The highest BCUT2D eigenvalue weighted by atomic mass is 32.2. The molecule has 1 aliphatic rings. The van der Waals surface area contributed by atoms with Crippen LogP contribution in [0.2, 0.25) is 0 Å². The van der Waals surface area contributed by atoms with Gasteiger partial charge in [0.15, 0.2) is 16.3 Å². The van der Waals surface area contributed by atoms with Crippen molar-refractivity contribution < 1.29 is 9.69 Å². The molecule has 28 heavy (non-hydrogen) atoms. The van der Waals surface area contributed by atoms with Crippen molar-refractivity contribution in [2.24, 2.45) is 14.1 Å². The summed E-state index contributed by atoms with van der Waals surface area (Å²) in [6, 6.07) is 0. The van der Waals surface area contributed by atoms with Crippen molar-refractivity contribution in [2.45, 2.75) is 31.5 Å². The van der Waals surface area contributed by atoms with Gasteiger partial charge in [-0.1, -0.05) is 25.1 Å². The van der Waals surface area contributed by atoms with E-state index in [9.17, 15) is 14.4 Å². The van der Waals surface area contributed by atoms with Crippen LogP contribution < -0.4 is 16.1 Å². The molecule has 10 heteroatoms. The third kappa shape index (κ3) is 3.88. The van der Waals surface area contributed by atoms with Crippen LogP contribution in [0.5, 0.6) is 0 Å². The quantitative estimate of drug-likeness (QED) is 0.599. The van der Waals surface area contributed by atoms with Crippen LogP contribution in [0.3, 0.4) is 0 Å². The zero-order valence-electron chi connectivity index (χ0n) is 17.0. The number of rotatable bonds is 6. The van der Waals surface area contributed by atoms with Crippen molar-refractivity contribution >= 4 is 28.8 Å². The van der Waals surface area contributed by atoms with Gasteiger partial charge in [-0.05, 0) is 6.42 Å². The predicted molar refractivity (Wildman–Crippen MR) is 109 cm³/mol. The van der Waals surface area contributed by atoms with Crippen molar-refractivity contribution in [1.29, 1.82) is 0 Å². The van der Waals surface area contributed by atoms with Crippen LogP contribution in [0.1, 0.15) is 19.8 Å². The van der Waals surface area contributed by atoms with Crippen LogP contribution in [0.15, 0.2) is 14.7 Å². The highest BCUT2D eigenvalue weighted by molar-refractivity contribution is 7.99. The molecule has 1 aliphatic heterocycles. The molecule has 1 N–H and O–H groups in total. The number of thioether (sulfide) groups is 1. The maximum absolute atomic E-state index is 12.7. The molecule has 1 amide bonds. The lowest BCUT2D eigenvalue weighted by Crippen LogP contribution is -3.12. The molecule has 154 valence electrons. The monoisotopic (exact) mass is 409 g/mol. The molecule has 9 nitrogen and oxygen atoms in total. The lowest BCUT2D eigenvalue weighted by Gasteiger charge is -2.29. The van der Waals surface area contributed by atoms with Crippen LogP contribution in [0.4, 0.5) is 0 Å². The minimum absolute atomic E-state index is 0.0911. The van der Waals surface area contributed by atoms with E-state index in [0.29, 0.717) is 22.9 Å². The molecule has 0 aromatic carbocycles. The Balaban J connectivity index is 1.90. The largest absolute Gasteiger partial charge is 0.334 e. The van der Waals surface area contributed by atoms with Gasteiger partial charge < -0.3 is 14.4 Å². The number of aromatic nitrogens is 4. The summed E-state index contributed by atoms with van der Waals surface area (Å²) in [6.07, 6.45) is 1.86. The van der Waals surface area contributed by atoms with Crippen LogP contribution in [0.25, 0.3) is 11.2 Å². The molecule has 0 radical (unpaired) electrons. The number of fused-ring (bicyclic) bond motifs is 1. The number of aryl methyl sites for hydroxylation is 2. The molecule has 1 saturated heterocycles. The predicted octanol–water partition coefficient (Wildman–Crippen LogP) is -1.32. The fraction of sp³-hybridized carbons (Fsp3) is 0.667. The fourth-order valence-corrected chi connectivity index (χ4v) is 4.34. The summed E-state index contributed by atoms with van der Waals surface area (Å²) in [5.74, 6) is 0.372. The Morgan fingerprint density at radius 2 is 1.86 bits per heavy atom. The summed E-state index contributed by atoms with van der Waals surface area (Å²) in [7, 11) is 5.23. The van der Waals surface area contributed by atoms with Crippen LogP contribution >= 0.6 is 11.8 Å². The number of likely N-dealkylation sites (N-methyl/N-ethyl adjacent to an activating group) is 1. The Morgan fingerprint density at radius 3 is 2.50 bits per heavy atom. The van der Waals surface area contributed by atoms with Crippen molar-refractivity contribution in [3.8, 4) is 0 Å². The first-order valence-electron chi connectivity index (χ1n) is 9.73. The molecule has 0 spiro atoms. The number of quaternary nitrogens is 1. The molecule has 2 aromatic rings. The normalized spacial score (nSPS) is 15.5. The number of amides is 1. The Kier molecular flexibility index (Phi) is 6.29. The topological polar surface area (TPSA) is 86.6 Å². The molecule has 0 aliphatic carbocycles. The first kappa shape index (κ1) is 20.7. The van der Waals surface area contributed by atoms with Gasteiger partial charge in [-0.2, -0.15) is 0 Å². The molecular formula is C18H29N6O3S+. The summed E-state index contributed by atoms with van der Waals surface area (Å²) in [4.78, 5) is 45.5. The van der Waals surface area contributed by atoms with E-state index in [2.05, 4.69) is 19.0 Å². The van der Waals surface area contributed by atoms with Gasteiger partial charge in [0.05, 0.1) is 39.0 Å². The number of unbranched alkanes of at least 4 members (excludes halogenated alkanes) is 1. The minimum Gasteiger partial charge on any atom is -0.334 e. The van der Waals surface area contributed by atoms with Crippen molar-refractivity contribution in [1.82, 2.24) is 23.6 Å². The van der Waals surface area contributed by atoms with Crippen molar-refractivity contribution in [2.75, 3.05) is 39.0 Å². The van der Waals surface area contributed by atoms with E-state index in [1.807, 2.05) is 9.47 Å². The maximum Gasteiger partial charge on any atom is 0.332 e. The van der Waals surface area contributed by atoms with Crippen LogP contribution in [-0.2, 0) is 25.4 Å². The van der Waals surface area contributed by atoms with Gasteiger partial charge in [-0.3, -0.25) is 18.7 Å². The fourth-order valence-electron chi connectivity index (χ4n) is 3.42.